The number of hydrogen-bond acceptors (Lipinski definition) is 6. The molecular formula is C19H17ClFN3O3S. The van der Waals surface area contributed by atoms with Gasteiger partial charge in [-0.3, -0.25) is 4.99 Å². The molecule has 1 aromatic heterocycles. The number of aromatic nitrogens is 1. The number of benzene rings is 1. The number of carboxylic acid groups (broad SMARTS) is 1. The Balaban J connectivity index is 1.89. The molecule has 4 rings (SSSR count). The van der Waals surface area contributed by atoms with Crippen LogP contribution in [0.15, 0.2) is 46.0 Å². The number of rotatable bonds is 4. The van der Waals surface area contributed by atoms with E-state index in [4.69, 9.17) is 16.3 Å². The van der Waals surface area contributed by atoms with E-state index in [-0.39, 0.29) is 16.2 Å². The van der Waals surface area contributed by atoms with Crippen molar-refractivity contribution in [1.82, 2.24) is 10.3 Å². The fourth-order valence-corrected chi connectivity index (χ4v) is 4.26. The molecule has 3 unspecified atom stereocenters. The Hall–Kier alpha value is -2.29. The summed E-state index contributed by atoms with van der Waals surface area (Å²) in [7, 11) is 0. The Bertz CT molecular complexity index is 977. The van der Waals surface area contributed by atoms with E-state index in [1.807, 2.05) is 6.92 Å². The number of nitrogens with zero attached hydrogens (tertiary/aromatic N) is 2. The molecule has 3 atom stereocenters. The van der Waals surface area contributed by atoms with Gasteiger partial charge in [0.2, 0.25) is 0 Å². The molecule has 2 N–H and O–H groups in total. The van der Waals surface area contributed by atoms with Crippen molar-refractivity contribution in [1.29, 1.82) is 0 Å². The lowest BCUT2D eigenvalue weighted by Gasteiger charge is -2.29. The quantitative estimate of drug-likeness (QED) is 0.784. The molecule has 1 fully saturated rings. The van der Waals surface area contributed by atoms with Crippen molar-refractivity contribution in [3.05, 3.63) is 62.5 Å². The zero-order valence-electron chi connectivity index (χ0n) is 14.9. The molecule has 6 nitrogen and oxygen atoms in total. The third-order valence-electron chi connectivity index (χ3n) is 4.74. The van der Waals surface area contributed by atoms with Gasteiger partial charge in [-0.25, -0.2) is 14.2 Å². The average molecular weight is 422 g/mol. The van der Waals surface area contributed by atoms with Crippen LogP contribution < -0.4 is 5.32 Å². The molecule has 0 aliphatic carbocycles. The number of ether oxygens (including phenoxy) is 1. The third-order valence-corrected chi connectivity index (χ3v) is 5.92. The van der Waals surface area contributed by atoms with Crippen molar-refractivity contribution in [2.75, 3.05) is 6.61 Å². The van der Waals surface area contributed by atoms with E-state index < -0.39 is 23.9 Å². The van der Waals surface area contributed by atoms with Gasteiger partial charge in [0.15, 0.2) is 10.8 Å². The van der Waals surface area contributed by atoms with Crippen molar-refractivity contribution in [3.63, 3.8) is 0 Å². The number of hydrogen-bond donors (Lipinski definition) is 2. The van der Waals surface area contributed by atoms with Crippen LogP contribution in [0.2, 0.25) is 5.02 Å². The van der Waals surface area contributed by atoms with Gasteiger partial charge in [0.25, 0.3) is 0 Å². The Kier molecular flexibility index (Phi) is 5.18. The number of carbonyl (C=O) groups is 1. The number of carboxylic acids is 1. The summed E-state index contributed by atoms with van der Waals surface area (Å²) in [6, 6.07) is 3.33. The van der Waals surface area contributed by atoms with Gasteiger partial charge in [-0.15, -0.1) is 11.3 Å². The maximum atomic E-state index is 14.1. The van der Waals surface area contributed by atoms with E-state index in [2.05, 4.69) is 15.3 Å². The summed E-state index contributed by atoms with van der Waals surface area (Å²) in [6.45, 7) is 2.58. The first-order valence-electron chi connectivity index (χ1n) is 8.73. The number of aliphatic imine (C=N–C) groups is 1. The molecule has 0 spiro atoms. The molecule has 28 heavy (non-hydrogen) atoms. The van der Waals surface area contributed by atoms with E-state index in [1.54, 1.807) is 17.6 Å². The number of nitrogens with one attached hydrogen (secondary N) is 1. The molecule has 0 saturated carbocycles. The third kappa shape index (κ3) is 3.43. The summed E-state index contributed by atoms with van der Waals surface area (Å²) in [5.74, 6) is -1.06. The van der Waals surface area contributed by atoms with Crippen molar-refractivity contribution in [2.45, 2.75) is 25.5 Å². The van der Waals surface area contributed by atoms with E-state index in [9.17, 15) is 14.3 Å². The van der Waals surface area contributed by atoms with Gasteiger partial charge in [0, 0.05) is 17.1 Å². The summed E-state index contributed by atoms with van der Waals surface area (Å²) < 4.78 is 19.9. The fourth-order valence-electron chi connectivity index (χ4n) is 3.44. The van der Waals surface area contributed by atoms with Crippen molar-refractivity contribution >= 4 is 34.7 Å². The second-order valence-electron chi connectivity index (χ2n) is 6.78. The van der Waals surface area contributed by atoms with Gasteiger partial charge in [-0.05, 0) is 18.4 Å². The predicted molar refractivity (Wildman–Crippen MR) is 104 cm³/mol. The normalized spacial score (nSPS) is 24.8. The minimum Gasteiger partial charge on any atom is -0.478 e. The van der Waals surface area contributed by atoms with Crippen molar-refractivity contribution in [2.24, 2.45) is 10.9 Å². The number of thiazole rings is 1. The van der Waals surface area contributed by atoms with Gasteiger partial charge in [0.1, 0.15) is 11.9 Å². The second kappa shape index (κ2) is 7.62. The van der Waals surface area contributed by atoms with Crippen LogP contribution in [0, 0.1) is 11.7 Å². The summed E-state index contributed by atoms with van der Waals surface area (Å²) in [5.41, 5.74) is 0.715. The summed E-state index contributed by atoms with van der Waals surface area (Å²) in [6.07, 6.45) is 1.90. The Morgan fingerprint density at radius 1 is 1.46 bits per heavy atom. The van der Waals surface area contributed by atoms with Crippen LogP contribution >= 0.6 is 22.9 Å². The number of amidine groups is 1. The van der Waals surface area contributed by atoms with E-state index in [0.29, 0.717) is 35.5 Å². The first-order valence-corrected chi connectivity index (χ1v) is 9.99. The first-order chi connectivity index (χ1) is 13.5. The smallest absolute Gasteiger partial charge is 0.336 e. The molecule has 2 aliphatic rings. The molecule has 1 saturated heterocycles. The van der Waals surface area contributed by atoms with Crippen LogP contribution in [0.4, 0.5) is 4.39 Å². The number of halogens is 2. The van der Waals surface area contributed by atoms with Crippen LogP contribution in [0.3, 0.4) is 0 Å². The maximum absolute atomic E-state index is 14.1. The minimum absolute atomic E-state index is 0.00639. The van der Waals surface area contributed by atoms with Gasteiger partial charge in [-0.1, -0.05) is 30.7 Å². The fraction of sp³-hybridized carbons (Fsp3) is 0.316. The molecule has 1 aromatic carbocycles. The summed E-state index contributed by atoms with van der Waals surface area (Å²) in [4.78, 5) is 21.0. The van der Waals surface area contributed by atoms with Crippen LogP contribution in [-0.2, 0) is 9.53 Å². The monoisotopic (exact) mass is 421 g/mol. The topological polar surface area (TPSA) is 83.8 Å². The van der Waals surface area contributed by atoms with Gasteiger partial charge >= 0.3 is 5.97 Å². The van der Waals surface area contributed by atoms with Crippen LogP contribution in [0.1, 0.15) is 30.0 Å². The number of aliphatic carboxylic acids is 1. The predicted octanol–water partition coefficient (Wildman–Crippen LogP) is 3.79. The lowest BCUT2D eigenvalue weighted by Crippen LogP contribution is -2.38. The van der Waals surface area contributed by atoms with E-state index in [1.165, 1.54) is 23.5 Å². The highest BCUT2D eigenvalue weighted by atomic mass is 35.5. The van der Waals surface area contributed by atoms with Crippen LogP contribution in [0.5, 0.6) is 0 Å². The van der Waals surface area contributed by atoms with E-state index >= 15 is 0 Å². The van der Waals surface area contributed by atoms with Gasteiger partial charge in [0.05, 0.1) is 29.0 Å². The highest BCUT2D eigenvalue weighted by Crippen LogP contribution is 2.39. The average Bonchev–Trinajstić information content (AvgIpc) is 3.34. The van der Waals surface area contributed by atoms with Gasteiger partial charge in [-0.2, -0.15) is 0 Å². The van der Waals surface area contributed by atoms with Crippen LogP contribution in [0.25, 0.3) is 0 Å². The zero-order chi connectivity index (χ0) is 19.8. The molecule has 2 aliphatic heterocycles. The lowest BCUT2D eigenvalue weighted by molar-refractivity contribution is -0.133. The molecule has 146 valence electrons. The molecular weight excluding hydrogens is 405 g/mol. The highest BCUT2D eigenvalue weighted by Gasteiger charge is 2.38. The minimum atomic E-state index is -1.15. The molecule has 9 heteroatoms. The Labute approximate surface area is 169 Å². The van der Waals surface area contributed by atoms with Gasteiger partial charge < -0.3 is 15.2 Å². The second-order valence-corrected chi connectivity index (χ2v) is 8.05. The standard InChI is InChI=1S/C19H17ClFN3O3S/c1-9-7-12(27-8-9)16-13(19(25)26)15(10-3-2-4-11(21)14(10)20)23-17(24-16)18-22-5-6-28-18/h2-6,9,12,15H,7-8H2,1H3,(H,23,24)(H,25,26). The molecule has 2 aromatic rings. The molecule has 0 amide bonds. The SMILES string of the molecule is CC1COC(C2=C(C(=O)O)C(c3cccc(F)c3Cl)N=C(c3nccs3)N2)C1. The largest absolute Gasteiger partial charge is 0.478 e. The molecule has 3 heterocycles. The highest BCUT2D eigenvalue weighted by molar-refractivity contribution is 7.11. The zero-order valence-corrected chi connectivity index (χ0v) is 16.4. The molecule has 0 radical (unpaired) electrons. The van der Waals surface area contributed by atoms with Crippen LogP contribution in [-0.4, -0.2) is 34.6 Å². The first kappa shape index (κ1) is 19.0. The van der Waals surface area contributed by atoms with Crippen molar-refractivity contribution in [3.8, 4) is 0 Å². The lowest BCUT2D eigenvalue weighted by atomic mass is 9.92. The maximum Gasteiger partial charge on any atom is 0.336 e. The van der Waals surface area contributed by atoms with Crippen molar-refractivity contribution < 1.29 is 19.0 Å². The summed E-state index contributed by atoms with van der Waals surface area (Å²) in [5, 5.41) is 15.3. The molecule has 0 bridgehead atoms. The summed E-state index contributed by atoms with van der Waals surface area (Å²) >= 11 is 7.54. The Morgan fingerprint density at radius 3 is 2.93 bits per heavy atom. The Morgan fingerprint density at radius 2 is 2.29 bits per heavy atom. The van der Waals surface area contributed by atoms with E-state index in [0.717, 1.165) is 0 Å².